The summed E-state index contributed by atoms with van der Waals surface area (Å²) in [4.78, 5) is 27.3. The van der Waals surface area contributed by atoms with Crippen LogP contribution in [0.25, 0.3) is 5.69 Å². The first-order valence-electron chi connectivity index (χ1n) is 11.1. The number of carbonyl (C=O) groups is 2. The normalized spacial score (nSPS) is 13.5. The van der Waals surface area contributed by atoms with Crippen molar-refractivity contribution in [1.82, 2.24) is 14.7 Å². The van der Waals surface area contributed by atoms with Crippen molar-refractivity contribution >= 4 is 49.5 Å². The molecule has 0 fully saturated rings. The minimum atomic E-state index is -0.596. The summed E-state index contributed by atoms with van der Waals surface area (Å²) in [6, 6.07) is 13.0. The largest absolute Gasteiger partial charge is 0.490 e. The Bertz CT molecular complexity index is 1280. The number of rotatable bonds is 3. The lowest BCUT2D eigenvalue weighted by atomic mass is 10.1. The number of nitrogens with zero attached hydrogens (tertiary/aromatic N) is 3. The molecule has 8 nitrogen and oxygen atoms in total. The van der Waals surface area contributed by atoms with Gasteiger partial charge in [0.1, 0.15) is 18.0 Å². The maximum Gasteiger partial charge on any atom is 0.410 e. The molecular weight excluding hydrogens is 580 g/mol. The number of hydrogen-bond acceptors (Lipinski definition) is 5. The SMILES string of the molecule is Cc1cc(C(=O)Nc2cc(Br)c3c(c2)CN(C(=O)OC(C)(C)C)CCO3)nn1-c1cccc(Br)c1. The second kappa shape index (κ2) is 10.0. The second-order valence-corrected chi connectivity index (χ2v) is 11.0. The summed E-state index contributed by atoms with van der Waals surface area (Å²) in [5.41, 5.74) is 2.70. The lowest BCUT2D eigenvalue weighted by Gasteiger charge is -2.26. The Hall–Kier alpha value is -2.85. The van der Waals surface area contributed by atoms with Crippen molar-refractivity contribution in [2.45, 2.75) is 39.8 Å². The Kier molecular flexibility index (Phi) is 7.23. The Labute approximate surface area is 220 Å². The highest BCUT2D eigenvalue weighted by Crippen LogP contribution is 2.35. The predicted octanol–water partition coefficient (Wildman–Crippen LogP) is 6.09. The van der Waals surface area contributed by atoms with Gasteiger partial charge < -0.3 is 19.7 Å². The minimum absolute atomic E-state index is 0.292. The van der Waals surface area contributed by atoms with E-state index in [1.165, 1.54) is 0 Å². The third-order valence-electron chi connectivity index (χ3n) is 5.17. The molecule has 1 N–H and O–H groups in total. The Morgan fingerprint density at radius 2 is 1.91 bits per heavy atom. The molecule has 3 aromatic rings. The van der Waals surface area contributed by atoms with Gasteiger partial charge >= 0.3 is 6.09 Å². The number of ether oxygens (including phenoxy) is 2. The molecule has 0 spiro atoms. The summed E-state index contributed by atoms with van der Waals surface area (Å²) in [5, 5.41) is 7.40. The molecule has 0 saturated heterocycles. The molecule has 4 rings (SSSR count). The molecule has 0 atom stereocenters. The molecular formula is C25H26Br2N4O4. The molecule has 2 amide bonds. The molecule has 10 heteroatoms. The van der Waals surface area contributed by atoms with E-state index >= 15 is 0 Å². The first-order chi connectivity index (χ1) is 16.5. The summed E-state index contributed by atoms with van der Waals surface area (Å²) in [6.07, 6.45) is -0.409. The highest BCUT2D eigenvalue weighted by Gasteiger charge is 2.26. The summed E-state index contributed by atoms with van der Waals surface area (Å²) in [5.74, 6) is 0.302. The predicted molar refractivity (Wildman–Crippen MR) is 140 cm³/mol. The van der Waals surface area contributed by atoms with Crippen LogP contribution in [0.2, 0.25) is 0 Å². The van der Waals surface area contributed by atoms with Gasteiger partial charge in [0.25, 0.3) is 5.91 Å². The van der Waals surface area contributed by atoms with Crippen LogP contribution in [0, 0.1) is 6.92 Å². The van der Waals surface area contributed by atoms with Gasteiger partial charge in [0.15, 0.2) is 5.69 Å². The lowest BCUT2D eigenvalue weighted by Crippen LogP contribution is -2.37. The molecule has 2 aromatic carbocycles. The van der Waals surface area contributed by atoms with Gasteiger partial charge in [-0.1, -0.05) is 22.0 Å². The van der Waals surface area contributed by atoms with Gasteiger partial charge in [-0.3, -0.25) is 4.79 Å². The van der Waals surface area contributed by atoms with Crippen LogP contribution in [-0.4, -0.2) is 45.4 Å². The summed E-state index contributed by atoms with van der Waals surface area (Å²) in [6.45, 7) is 8.41. The number of hydrogen-bond donors (Lipinski definition) is 1. The number of aromatic nitrogens is 2. The highest BCUT2D eigenvalue weighted by atomic mass is 79.9. The maximum atomic E-state index is 13.0. The standard InChI is InChI=1S/C25H26Br2N4O4/c1-15-10-21(29-31(15)19-7-5-6-17(26)12-19)23(32)28-18-11-16-14-30(24(33)35-25(2,3)4)8-9-34-22(16)20(27)13-18/h5-7,10-13H,8-9,14H2,1-4H3,(H,28,32). The molecule has 2 heterocycles. The summed E-state index contributed by atoms with van der Waals surface area (Å²) >= 11 is 7.00. The molecule has 0 unspecified atom stereocenters. The van der Waals surface area contributed by atoms with Crippen LogP contribution >= 0.6 is 31.9 Å². The van der Waals surface area contributed by atoms with Crippen molar-refractivity contribution < 1.29 is 19.1 Å². The lowest BCUT2D eigenvalue weighted by molar-refractivity contribution is 0.0225. The number of amides is 2. The van der Waals surface area contributed by atoms with Crippen molar-refractivity contribution in [1.29, 1.82) is 0 Å². The van der Waals surface area contributed by atoms with Crippen LogP contribution in [0.3, 0.4) is 0 Å². The molecule has 1 aromatic heterocycles. The summed E-state index contributed by atoms with van der Waals surface area (Å²) < 4.78 is 14.7. The van der Waals surface area contributed by atoms with E-state index in [1.54, 1.807) is 27.8 Å². The van der Waals surface area contributed by atoms with Gasteiger partial charge in [-0.25, -0.2) is 9.48 Å². The third-order valence-corrected chi connectivity index (χ3v) is 6.25. The fourth-order valence-corrected chi connectivity index (χ4v) is 4.68. The topological polar surface area (TPSA) is 85.7 Å². The van der Waals surface area contributed by atoms with Gasteiger partial charge in [-0.15, -0.1) is 0 Å². The molecule has 1 aliphatic rings. The number of benzene rings is 2. The molecule has 0 aliphatic carbocycles. The maximum absolute atomic E-state index is 13.0. The van der Waals surface area contributed by atoms with Gasteiger partial charge in [0.2, 0.25) is 0 Å². The Morgan fingerprint density at radius 1 is 1.14 bits per heavy atom. The Balaban J connectivity index is 1.55. The number of carbonyl (C=O) groups excluding carboxylic acids is 2. The fraction of sp³-hybridized carbons (Fsp3) is 0.320. The highest BCUT2D eigenvalue weighted by molar-refractivity contribution is 9.10. The van der Waals surface area contributed by atoms with Crippen molar-refractivity contribution in [2.24, 2.45) is 0 Å². The number of aryl methyl sites for hydroxylation is 1. The first kappa shape index (κ1) is 25.2. The molecule has 1 aliphatic heterocycles. The average molecular weight is 606 g/mol. The van der Waals surface area contributed by atoms with Crippen LogP contribution in [0.1, 0.15) is 42.5 Å². The van der Waals surface area contributed by atoms with Gasteiger partial charge in [0, 0.05) is 21.4 Å². The van der Waals surface area contributed by atoms with E-state index in [-0.39, 0.29) is 5.91 Å². The van der Waals surface area contributed by atoms with E-state index in [0.29, 0.717) is 41.3 Å². The molecule has 0 saturated carbocycles. The van der Waals surface area contributed by atoms with Gasteiger partial charge in [-0.2, -0.15) is 5.10 Å². The zero-order valence-corrected chi connectivity index (χ0v) is 23.1. The molecule has 0 radical (unpaired) electrons. The van der Waals surface area contributed by atoms with Crippen LogP contribution in [0.5, 0.6) is 5.75 Å². The number of fused-ring (bicyclic) bond motifs is 1. The van der Waals surface area contributed by atoms with E-state index in [1.807, 2.05) is 52.0 Å². The van der Waals surface area contributed by atoms with Crippen molar-refractivity contribution in [3.8, 4) is 11.4 Å². The van der Waals surface area contributed by atoms with Crippen molar-refractivity contribution in [3.05, 3.63) is 68.4 Å². The van der Waals surface area contributed by atoms with Gasteiger partial charge in [-0.05, 0) is 80.0 Å². The number of anilines is 1. The monoisotopic (exact) mass is 604 g/mol. The molecule has 0 bridgehead atoms. The molecule has 184 valence electrons. The second-order valence-electron chi connectivity index (χ2n) is 9.21. The summed E-state index contributed by atoms with van der Waals surface area (Å²) in [7, 11) is 0. The quantitative estimate of drug-likeness (QED) is 0.391. The van der Waals surface area contributed by atoms with E-state index in [4.69, 9.17) is 9.47 Å². The smallest absolute Gasteiger partial charge is 0.410 e. The Morgan fingerprint density at radius 3 is 2.63 bits per heavy atom. The van der Waals surface area contributed by atoms with Crippen LogP contribution < -0.4 is 10.1 Å². The van der Waals surface area contributed by atoms with E-state index in [2.05, 4.69) is 42.3 Å². The first-order valence-corrected chi connectivity index (χ1v) is 12.7. The van der Waals surface area contributed by atoms with Crippen LogP contribution in [0.4, 0.5) is 10.5 Å². The van der Waals surface area contributed by atoms with Crippen LogP contribution in [0.15, 0.2) is 51.4 Å². The van der Waals surface area contributed by atoms with E-state index in [9.17, 15) is 9.59 Å². The van der Waals surface area contributed by atoms with E-state index in [0.717, 1.165) is 21.4 Å². The third kappa shape index (κ3) is 6.05. The van der Waals surface area contributed by atoms with Gasteiger partial charge in [0.05, 0.1) is 23.2 Å². The average Bonchev–Trinajstić information content (AvgIpc) is 3.01. The van der Waals surface area contributed by atoms with E-state index < -0.39 is 11.7 Å². The van der Waals surface area contributed by atoms with Crippen molar-refractivity contribution in [2.75, 3.05) is 18.5 Å². The fourth-order valence-electron chi connectivity index (χ4n) is 3.68. The number of halogens is 2. The number of nitrogens with one attached hydrogen (secondary N) is 1. The minimum Gasteiger partial charge on any atom is -0.490 e. The zero-order valence-electron chi connectivity index (χ0n) is 19.9. The van der Waals surface area contributed by atoms with Crippen LogP contribution in [-0.2, 0) is 11.3 Å². The molecule has 35 heavy (non-hydrogen) atoms. The zero-order chi connectivity index (χ0) is 25.3. The van der Waals surface area contributed by atoms with Crippen molar-refractivity contribution in [3.63, 3.8) is 0 Å².